The van der Waals surface area contributed by atoms with Crippen molar-refractivity contribution in [3.8, 4) is 0 Å². The van der Waals surface area contributed by atoms with Crippen LogP contribution in [0.3, 0.4) is 0 Å². The lowest BCUT2D eigenvalue weighted by Gasteiger charge is -1.92. The van der Waals surface area contributed by atoms with Gasteiger partial charge in [0.2, 0.25) is 0 Å². The minimum absolute atomic E-state index is 0.0488. The number of nitro groups is 1. The third-order valence-corrected chi connectivity index (χ3v) is 2.85. The number of para-hydroxylation sites is 1. The Balaban J connectivity index is 1.84. The Morgan fingerprint density at radius 3 is 2.55 bits per heavy atom. The Kier molecular flexibility index (Phi) is 3.01. The van der Waals surface area contributed by atoms with Crippen LogP contribution < -0.4 is 0 Å². The molecular weight excluding hydrogens is 256 g/mol. The number of furan rings is 1. The monoisotopic (exact) mass is 266 g/mol. The van der Waals surface area contributed by atoms with Gasteiger partial charge in [-0.1, -0.05) is 18.2 Å². The number of rotatable bonds is 3. The zero-order chi connectivity index (χ0) is 13.9. The van der Waals surface area contributed by atoms with Crippen molar-refractivity contribution in [2.24, 2.45) is 4.99 Å². The van der Waals surface area contributed by atoms with E-state index in [1.807, 2.05) is 30.3 Å². The van der Waals surface area contributed by atoms with E-state index in [1.165, 1.54) is 12.1 Å². The molecule has 0 unspecified atom stereocenters. The van der Waals surface area contributed by atoms with Gasteiger partial charge in [-0.3, -0.25) is 15.1 Å². The molecule has 0 aliphatic carbocycles. The second-order valence-corrected chi connectivity index (χ2v) is 4.22. The fourth-order valence-corrected chi connectivity index (χ4v) is 1.86. The van der Waals surface area contributed by atoms with Gasteiger partial charge < -0.3 is 4.42 Å². The molecule has 3 rings (SSSR count). The summed E-state index contributed by atoms with van der Waals surface area (Å²) in [5.74, 6) is 0.643. The van der Waals surface area contributed by atoms with Crippen molar-refractivity contribution < 1.29 is 9.34 Å². The van der Waals surface area contributed by atoms with Crippen LogP contribution in [0, 0.1) is 10.1 Å². The Bertz CT molecular complexity index is 755. The number of fused-ring (bicyclic) bond motifs is 1. The van der Waals surface area contributed by atoms with Gasteiger partial charge in [-0.15, -0.1) is 0 Å². The zero-order valence-corrected chi connectivity index (χ0v) is 10.4. The third kappa shape index (κ3) is 2.42. The van der Waals surface area contributed by atoms with E-state index in [9.17, 15) is 10.1 Å². The van der Waals surface area contributed by atoms with Gasteiger partial charge in [0.05, 0.1) is 16.8 Å². The molecule has 0 saturated heterocycles. The van der Waals surface area contributed by atoms with Gasteiger partial charge in [-0.2, -0.15) is 0 Å². The van der Waals surface area contributed by atoms with E-state index in [-0.39, 0.29) is 5.69 Å². The minimum Gasteiger partial charge on any atom is -0.455 e. The van der Waals surface area contributed by atoms with Crippen molar-refractivity contribution in [2.45, 2.75) is 0 Å². The van der Waals surface area contributed by atoms with Crippen molar-refractivity contribution in [3.63, 3.8) is 0 Å². The van der Waals surface area contributed by atoms with Crippen LogP contribution in [-0.4, -0.2) is 11.1 Å². The first-order valence-electron chi connectivity index (χ1n) is 5.99. The maximum absolute atomic E-state index is 10.5. The molecule has 0 N–H and O–H groups in total. The lowest BCUT2D eigenvalue weighted by Crippen LogP contribution is -1.85. The normalized spacial score (nSPS) is 11.2. The van der Waals surface area contributed by atoms with E-state index < -0.39 is 4.92 Å². The molecule has 0 amide bonds. The highest BCUT2D eigenvalue weighted by Crippen LogP contribution is 2.20. The summed E-state index contributed by atoms with van der Waals surface area (Å²) in [7, 11) is 0. The largest absolute Gasteiger partial charge is 0.455 e. The van der Waals surface area contributed by atoms with E-state index in [0.29, 0.717) is 11.4 Å². The topological polar surface area (TPSA) is 68.6 Å². The molecule has 5 nitrogen and oxygen atoms in total. The molecule has 0 fully saturated rings. The molecule has 1 aromatic heterocycles. The predicted molar refractivity (Wildman–Crippen MR) is 76.6 cm³/mol. The van der Waals surface area contributed by atoms with Gasteiger partial charge in [0.1, 0.15) is 11.3 Å². The fourth-order valence-electron chi connectivity index (χ4n) is 1.86. The minimum atomic E-state index is -0.438. The van der Waals surface area contributed by atoms with Crippen LogP contribution >= 0.6 is 0 Å². The molecule has 0 aliphatic heterocycles. The van der Waals surface area contributed by atoms with Gasteiger partial charge in [-0.25, -0.2) is 0 Å². The van der Waals surface area contributed by atoms with Crippen LogP contribution in [-0.2, 0) is 0 Å². The summed E-state index contributed by atoms with van der Waals surface area (Å²) in [5, 5.41) is 11.6. The van der Waals surface area contributed by atoms with Crippen LogP contribution in [0.2, 0.25) is 0 Å². The summed E-state index contributed by atoms with van der Waals surface area (Å²) < 4.78 is 5.59. The Hall–Kier alpha value is -2.95. The average molecular weight is 266 g/mol. The smallest absolute Gasteiger partial charge is 0.269 e. The molecule has 5 heteroatoms. The SMILES string of the molecule is O=[N+]([O-])c1ccc(N=Cc2cc3ccccc3o2)cc1. The third-order valence-electron chi connectivity index (χ3n) is 2.85. The van der Waals surface area contributed by atoms with Crippen molar-refractivity contribution in [2.75, 3.05) is 0 Å². The lowest BCUT2D eigenvalue weighted by molar-refractivity contribution is -0.384. The second-order valence-electron chi connectivity index (χ2n) is 4.22. The van der Waals surface area contributed by atoms with Crippen LogP contribution in [0.5, 0.6) is 0 Å². The summed E-state index contributed by atoms with van der Waals surface area (Å²) in [6, 6.07) is 15.6. The van der Waals surface area contributed by atoms with Crippen molar-refractivity contribution in [1.82, 2.24) is 0 Å². The van der Waals surface area contributed by atoms with E-state index in [2.05, 4.69) is 4.99 Å². The molecule has 98 valence electrons. The van der Waals surface area contributed by atoms with E-state index in [0.717, 1.165) is 11.0 Å². The van der Waals surface area contributed by atoms with Gasteiger partial charge in [0.25, 0.3) is 5.69 Å². The maximum Gasteiger partial charge on any atom is 0.269 e. The molecule has 0 aliphatic rings. The molecule has 0 spiro atoms. The molecule has 0 radical (unpaired) electrons. The Morgan fingerprint density at radius 2 is 1.85 bits per heavy atom. The molecule has 0 atom stereocenters. The molecule has 0 saturated carbocycles. The molecule has 1 heterocycles. The molecule has 0 bridgehead atoms. The second kappa shape index (κ2) is 4.97. The number of benzene rings is 2. The van der Waals surface area contributed by atoms with Gasteiger partial charge in [0, 0.05) is 17.5 Å². The van der Waals surface area contributed by atoms with Gasteiger partial charge in [0.15, 0.2) is 0 Å². The maximum atomic E-state index is 10.5. The average Bonchev–Trinajstić information content (AvgIpc) is 2.88. The van der Waals surface area contributed by atoms with Crippen LogP contribution in [0.25, 0.3) is 11.0 Å². The Labute approximate surface area is 114 Å². The van der Waals surface area contributed by atoms with Crippen LogP contribution in [0.15, 0.2) is 64.0 Å². The number of aliphatic imine (C=N–C) groups is 1. The number of non-ortho nitro benzene ring substituents is 1. The first kappa shape index (κ1) is 12.1. The summed E-state index contributed by atoms with van der Waals surface area (Å²) in [4.78, 5) is 14.3. The van der Waals surface area contributed by atoms with Crippen LogP contribution in [0.4, 0.5) is 11.4 Å². The number of nitrogens with zero attached hydrogens (tertiary/aromatic N) is 2. The van der Waals surface area contributed by atoms with Crippen molar-refractivity contribution in [1.29, 1.82) is 0 Å². The lowest BCUT2D eigenvalue weighted by atomic mass is 10.2. The van der Waals surface area contributed by atoms with E-state index >= 15 is 0 Å². The molecule has 20 heavy (non-hydrogen) atoms. The van der Waals surface area contributed by atoms with Gasteiger partial charge >= 0.3 is 0 Å². The number of hydrogen-bond acceptors (Lipinski definition) is 4. The predicted octanol–water partition coefficient (Wildman–Crippen LogP) is 4.09. The molecular formula is C15H10N2O3. The number of hydrogen-bond donors (Lipinski definition) is 0. The van der Waals surface area contributed by atoms with Crippen molar-refractivity contribution in [3.05, 3.63) is 70.5 Å². The Morgan fingerprint density at radius 1 is 1.10 bits per heavy atom. The highest BCUT2D eigenvalue weighted by molar-refractivity contribution is 5.87. The first-order valence-corrected chi connectivity index (χ1v) is 5.99. The van der Waals surface area contributed by atoms with E-state index in [1.54, 1.807) is 18.3 Å². The van der Waals surface area contributed by atoms with Crippen LogP contribution in [0.1, 0.15) is 5.76 Å². The van der Waals surface area contributed by atoms with Gasteiger partial charge in [-0.05, 0) is 24.3 Å². The molecule has 3 aromatic rings. The standard InChI is InChI=1S/C15H10N2O3/c18-17(19)13-7-5-12(6-8-13)16-10-14-9-11-3-1-2-4-15(11)20-14/h1-10H. The highest BCUT2D eigenvalue weighted by Gasteiger charge is 2.03. The summed E-state index contributed by atoms with van der Waals surface area (Å²) in [6.45, 7) is 0. The number of nitro benzene ring substituents is 1. The quantitative estimate of drug-likeness (QED) is 0.407. The van der Waals surface area contributed by atoms with E-state index in [4.69, 9.17) is 4.42 Å². The highest BCUT2D eigenvalue weighted by atomic mass is 16.6. The zero-order valence-electron chi connectivity index (χ0n) is 10.4. The fraction of sp³-hybridized carbons (Fsp3) is 0. The summed E-state index contributed by atoms with van der Waals surface area (Å²) in [6.07, 6.45) is 1.60. The summed E-state index contributed by atoms with van der Waals surface area (Å²) in [5.41, 5.74) is 1.49. The molecule has 2 aromatic carbocycles. The first-order chi connectivity index (χ1) is 9.72. The summed E-state index contributed by atoms with van der Waals surface area (Å²) >= 11 is 0. The van der Waals surface area contributed by atoms with Crippen molar-refractivity contribution >= 4 is 28.6 Å².